The van der Waals surface area contributed by atoms with Gasteiger partial charge in [-0.3, -0.25) is 4.68 Å². The van der Waals surface area contributed by atoms with Crippen LogP contribution >= 0.6 is 27.5 Å². The third kappa shape index (κ3) is 2.76. The van der Waals surface area contributed by atoms with Crippen molar-refractivity contribution in [1.29, 1.82) is 0 Å². The molecule has 1 aromatic carbocycles. The lowest BCUT2D eigenvalue weighted by molar-refractivity contribution is 0.572. The molecular weight excluding hydrogens is 314 g/mol. The second-order valence-corrected chi connectivity index (χ2v) is 5.37. The Morgan fingerprint density at radius 3 is 2.83 bits per heavy atom. The smallest absolute Gasteiger partial charge is 0.0837 e. The molecule has 5 heteroatoms. The number of hydrogen-bond donors (Lipinski definition) is 1. The van der Waals surface area contributed by atoms with Crippen LogP contribution < -0.4 is 5.32 Å². The van der Waals surface area contributed by atoms with Gasteiger partial charge in [-0.15, -0.1) is 0 Å². The summed E-state index contributed by atoms with van der Waals surface area (Å²) < 4.78 is 2.87. The highest BCUT2D eigenvalue weighted by atomic mass is 79.9. The number of nitrogens with zero attached hydrogens (tertiary/aromatic N) is 2. The van der Waals surface area contributed by atoms with Gasteiger partial charge in [0.25, 0.3) is 0 Å². The predicted molar refractivity (Wildman–Crippen MR) is 77.9 cm³/mol. The first kappa shape index (κ1) is 13.6. The quantitative estimate of drug-likeness (QED) is 0.930. The summed E-state index contributed by atoms with van der Waals surface area (Å²) in [6.45, 7) is 2.94. The average molecular weight is 329 g/mol. The van der Waals surface area contributed by atoms with Crippen molar-refractivity contribution in [2.75, 3.05) is 6.54 Å². The second-order valence-electron chi connectivity index (χ2n) is 4.05. The minimum absolute atomic E-state index is 0.0486. The molecule has 2 aromatic rings. The summed E-state index contributed by atoms with van der Waals surface area (Å²) in [4.78, 5) is 0. The van der Waals surface area contributed by atoms with Crippen molar-refractivity contribution >= 4 is 27.5 Å². The third-order valence-corrected chi connectivity index (χ3v) is 3.59. The van der Waals surface area contributed by atoms with Gasteiger partial charge in [0.1, 0.15) is 0 Å². The van der Waals surface area contributed by atoms with E-state index in [0.29, 0.717) is 5.02 Å². The average Bonchev–Trinajstić information content (AvgIpc) is 2.67. The molecule has 2 rings (SSSR count). The first-order chi connectivity index (χ1) is 8.63. The summed E-state index contributed by atoms with van der Waals surface area (Å²) in [5, 5.41) is 8.33. The van der Waals surface area contributed by atoms with E-state index in [1.807, 2.05) is 23.9 Å². The summed E-state index contributed by atoms with van der Waals surface area (Å²) in [6, 6.07) is 8.26. The van der Waals surface area contributed by atoms with Gasteiger partial charge in [0, 0.05) is 11.5 Å². The van der Waals surface area contributed by atoms with Crippen LogP contribution in [0.3, 0.4) is 0 Å². The van der Waals surface area contributed by atoms with Crippen molar-refractivity contribution < 1.29 is 0 Å². The minimum Gasteiger partial charge on any atom is -0.305 e. The van der Waals surface area contributed by atoms with Gasteiger partial charge < -0.3 is 5.32 Å². The predicted octanol–water partition coefficient (Wildman–Crippen LogP) is 3.53. The van der Waals surface area contributed by atoms with Gasteiger partial charge >= 0.3 is 0 Å². The monoisotopic (exact) mass is 327 g/mol. The molecule has 1 heterocycles. The molecule has 0 aliphatic rings. The number of hydrogen-bond acceptors (Lipinski definition) is 2. The molecule has 1 aromatic heterocycles. The molecule has 0 saturated carbocycles. The fourth-order valence-corrected chi connectivity index (χ4v) is 2.70. The zero-order chi connectivity index (χ0) is 13.1. The Balaban J connectivity index is 2.46. The van der Waals surface area contributed by atoms with E-state index in [-0.39, 0.29) is 6.04 Å². The number of halogens is 2. The Hall–Kier alpha value is -0.840. The minimum atomic E-state index is 0.0486. The largest absolute Gasteiger partial charge is 0.305 e. The lowest BCUT2D eigenvalue weighted by Crippen LogP contribution is -2.24. The highest BCUT2D eigenvalue weighted by Gasteiger charge is 2.20. The molecule has 1 unspecified atom stereocenters. The molecule has 0 aliphatic heterocycles. The van der Waals surface area contributed by atoms with Gasteiger partial charge in [-0.25, -0.2) is 0 Å². The Labute approximate surface area is 120 Å². The van der Waals surface area contributed by atoms with Crippen molar-refractivity contribution in [2.45, 2.75) is 13.0 Å². The van der Waals surface area contributed by atoms with E-state index in [9.17, 15) is 0 Å². The van der Waals surface area contributed by atoms with Crippen LogP contribution in [0.25, 0.3) is 0 Å². The Morgan fingerprint density at radius 1 is 1.50 bits per heavy atom. The van der Waals surface area contributed by atoms with Crippen molar-refractivity contribution in [3.05, 3.63) is 51.2 Å². The van der Waals surface area contributed by atoms with Crippen molar-refractivity contribution in [3.8, 4) is 0 Å². The molecule has 96 valence electrons. The first-order valence-electron chi connectivity index (χ1n) is 5.79. The van der Waals surface area contributed by atoms with Crippen LogP contribution in [-0.4, -0.2) is 16.3 Å². The zero-order valence-electron chi connectivity index (χ0n) is 10.3. The summed E-state index contributed by atoms with van der Waals surface area (Å²) in [6.07, 6.45) is 1.68. The molecule has 0 aliphatic carbocycles. The van der Waals surface area contributed by atoms with Crippen LogP contribution in [0.1, 0.15) is 24.2 Å². The summed E-state index contributed by atoms with van der Waals surface area (Å²) in [5.41, 5.74) is 2.15. The molecule has 0 spiro atoms. The van der Waals surface area contributed by atoms with E-state index >= 15 is 0 Å². The summed E-state index contributed by atoms with van der Waals surface area (Å²) >= 11 is 9.73. The molecule has 18 heavy (non-hydrogen) atoms. The lowest BCUT2D eigenvalue weighted by atomic mass is 10.0. The van der Waals surface area contributed by atoms with Crippen LogP contribution in [0.4, 0.5) is 0 Å². The van der Waals surface area contributed by atoms with E-state index in [1.165, 1.54) is 0 Å². The molecule has 3 nitrogen and oxygen atoms in total. The van der Waals surface area contributed by atoms with Gasteiger partial charge in [0.05, 0.1) is 23.0 Å². The first-order valence-corrected chi connectivity index (χ1v) is 6.96. The number of nitrogens with one attached hydrogen (secondary N) is 1. The molecule has 0 saturated heterocycles. The SMILES string of the molecule is CCNC(c1cccc(Br)c1)c1c(Cl)cnn1C. The van der Waals surface area contributed by atoms with Crippen LogP contribution in [0.2, 0.25) is 5.02 Å². The molecule has 1 atom stereocenters. The Morgan fingerprint density at radius 2 is 2.28 bits per heavy atom. The standard InChI is InChI=1S/C13H15BrClN3/c1-3-16-12(9-5-4-6-10(14)7-9)13-11(15)8-17-18(13)2/h4-8,12,16H,3H2,1-2H3. The van der Waals surface area contributed by atoms with Crippen molar-refractivity contribution in [3.63, 3.8) is 0 Å². The van der Waals surface area contributed by atoms with Gasteiger partial charge in [-0.05, 0) is 24.2 Å². The molecule has 0 bridgehead atoms. The third-order valence-electron chi connectivity index (χ3n) is 2.80. The van der Waals surface area contributed by atoms with Crippen LogP contribution in [0, 0.1) is 0 Å². The van der Waals surface area contributed by atoms with Gasteiger partial charge in [0.15, 0.2) is 0 Å². The second kappa shape index (κ2) is 5.87. The number of aromatic nitrogens is 2. The molecule has 1 N–H and O–H groups in total. The summed E-state index contributed by atoms with van der Waals surface area (Å²) in [7, 11) is 1.91. The van der Waals surface area contributed by atoms with Gasteiger partial charge in [-0.1, -0.05) is 46.6 Å². The van der Waals surface area contributed by atoms with E-state index in [2.05, 4.69) is 45.4 Å². The number of aryl methyl sites for hydroxylation is 1. The Bertz CT molecular complexity index is 519. The topological polar surface area (TPSA) is 29.9 Å². The fourth-order valence-electron chi connectivity index (χ4n) is 2.01. The zero-order valence-corrected chi connectivity index (χ0v) is 12.7. The van der Waals surface area contributed by atoms with Crippen LogP contribution in [-0.2, 0) is 7.05 Å². The normalized spacial score (nSPS) is 12.7. The number of rotatable bonds is 4. The Kier molecular flexibility index (Phi) is 4.43. The van der Waals surface area contributed by atoms with Crippen molar-refractivity contribution in [1.82, 2.24) is 15.1 Å². The maximum absolute atomic E-state index is 6.23. The molecule has 0 fully saturated rings. The maximum atomic E-state index is 6.23. The molecule has 0 radical (unpaired) electrons. The molecular formula is C13H15BrClN3. The van der Waals surface area contributed by atoms with E-state index in [4.69, 9.17) is 11.6 Å². The highest BCUT2D eigenvalue weighted by Crippen LogP contribution is 2.29. The maximum Gasteiger partial charge on any atom is 0.0837 e. The lowest BCUT2D eigenvalue weighted by Gasteiger charge is -2.19. The van der Waals surface area contributed by atoms with Crippen LogP contribution in [0.5, 0.6) is 0 Å². The highest BCUT2D eigenvalue weighted by molar-refractivity contribution is 9.10. The van der Waals surface area contributed by atoms with Gasteiger partial charge in [-0.2, -0.15) is 5.10 Å². The van der Waals surface area contributed by atoms with E-state index < -0.39 is 0 Å². The molecule has 0 amide bonds. The van der Waals surface area contributed by atoms with Gasteiger partial charge in [0.2, 0.25) is 0 Å². The van der Waals surface area contributed by atoms with Crippen LogP contribution in [0.15, 0.2) is 34.9 Å². The number of benzene rings is 1. The van der Waals surface area contributed by atoms with E-state index in [0.717, 1.165) is 22.3 Å². The summed E-state index contributed by atoms with van der Waals surface area (Å²) in [5.74, 6) is 0. The fraction of sp³-hybridized carbons (Fsp3) is 0.308. The van der Waals surface area contributed by atoms with Crippen molar-refractivity contribution in [2.24, 2.45) is 7.05 Å². The van der Waals surface area contributed by atoms with E-state index in [1.54, 1.807) is 6.20 Å².